The average Bonchev–Trinajstić information content (AvgIpc) is 2.42. The Balaban J connectivity index is 0. The first-order valence-electron chi connectivity index (χ1n) is 5.54. The van der Waals surface area contributed by atoms with Crippen molar-refractivity contribution in [2.45, 2.75) is 20.3 Å². The van der Waals surface area contributed by atoms with Gasteiger partial charge in [-0.2, -0.15) is 14.6 Å². The number of carbonyl (C=O) groups excluding carboxylic acids is 1. The standard InChI is InChI=1S/C7H12O9.C2H2O5/c1-3-11-7(12-4-2)16-15-6(10)14-13-5(8)9;3-1(4)7-2(5)6/h7H,3-4H2,1-2H3,(H,8,9);(H,3,4)(H,5,6). The number of hydrogen-bond donors (Lipinski definition) is 3. The van der Waals surface area contributed by atoms with Crippen LogP contribution < -0.4 is 0 Å². The van der Waals surface area contributed by atoms with Crippen LogP contribution in [0, 0.1) is 0 Å². The Labute approximate surface area is 127 Å². The van der Waals surface area contributed by atoms with Gasteiger partial charge in [-0.1, -0.05) is 0 Å². The van der Waals surface area contributed by atoms with Crippen molar-refractivity contribution >= 4 is 24.6 Å². The third-order valence-electron chi connectivity index (χ3n) is 1.16. The minimum absolute atomic E-state index is 0.259. The first-order valence-corrected chi connectivity index (χ1v) is 5.54. The summed E-state index contributed by atoms with van der Waals surface area (Å²) in [5.74, 6) is 0. The van der Waals surface area contributed by atoms with E-state index in [2.05, 4.69) is 24.3 Å². The minimum atomic E-state index is -1.81. The van der Waals surface area contributed by atoms with Gasteiger partial charge in [-0.25, -0.2) is 14.4 Å². The van der Waals surface area contributed by atoms with Crippen LogP contribution in [0.2, 0.25) is 0 Å². The molecule has 0 aliphatic carbocycles. The molecule has 14 heteroatoms. The molecule has 0 unspecified atom stereocenters. The summed E-state index contributed by atoms with van der Waals surface area (Å²) in [6, 6.07) is 0. The third kappa shape index (κ3) is 19.2. The first kappa shape index (κ1) is 22.4. The smallest absolute Gasteiger partial charge is 0.449 e. The fraction of sp³-hybridized carbons (Fsp3) is 0.556. The van der Waals surface area contributed by atoms with Crippen LogP contribution in [-0.2, 0) is 33.8 Å². The monoisotopic (exact) mass is 346 g/mol. The SMILES string of the molecule is CCOC(OCC)OOC(=O)OOC(=O)O.O=C(O)OC(=O)O. The first-order chi connectivity index (χ1) is 10.7. The summed E-state index contributed by atoms with van der Waals surface area (Å²) < 4.78 is 12.7. The molecule has 23 heavy (non-hydrogen) atoms. The lowest BCUT2D eigenvalue weighted by Crippen LogP contribution is -2.23. The zero-order valence-corrected chi connectivity index (χ0v) is 11.8. The average molecular weight is 346 g/mol. The van der Waals surface area contributed by atoms with Crippen molar-refractivity contribution in [1.82, 2.24) is 0 Å². The fourth-order valence-corrected chi connectivity index (χ4v) is 0.613. The summed E-state index contributed by atoms with van der Waals surface area (Å²) >= 11 is 0. The normalized spacial score (nSPS) is 9.17. The second-order valence-corrected chi connectivity index (χ2v) is 2.70. The molecule has 0 aromatic rings. The predicted octanol–water partition coefficient (Wildman–Crippen LogP) is 1.40. The molecule has 0 radical (unpaired) electrons. The lowest BCUT2D eigenvalue weighted by Gasteiger charge is -2.13. The molecule has 0 amide bonds. The minimum Gasteiger partial charge on any atom is -0.449 e. The van der Waals surface area contributed by atoms with E-state index < -0.39 is 31.1 Å². The van der Waals surface area contributed by atoms with E-state index in [-0.39, 0.29) is 13.2 Å². The van der Waals surface area contributed by atoms with E-state index in [0.29, 0.717) is 0 Å². The van der Waals surface area contributed by atoms with Gasteiger partial charge in [0.2, 0.25) is 0 Å². The molecule has 0 aliphatic heterocycles. The van der Waals surface area contributed by atoms with Gasteiger partial charge in [0.1, 0.15) is 0 Å². The van der Waals surface area contributed by atoms with Gasteiger partial charge in [0.05, 0.1) is 0 Å². The summed E-state index contributed by atoms with van der Waals surface area (Å²) in [7, 11) is 0. The second kappa shape index (κ2) is 14.1. The molecule has 134 valence electrons. The number of rotatable bonds is 6. The van der Waals surface area contributed by atoms with Crippen molar-refractivity contribution < 1.29 is 68.3 Å². The van der Waals surface area contributed by atoms with Gasteiger partial charge >= 0.3 is 31.1 Å². The Bertz CT molecular complexity index is 360. The predicted molar refractivity (Wildman–Crippen MR) is 61.9 cm³/mol. The van der Waals surface area contributed by atoms with Crippen LogP contribution in [0.25, 0.3) is 0 Å². The second-order valence-electron chi connectivity index (χ2n) is 2.70. The maximum atomic E-state index is 10.6. The van der Waals surface area contributed by atoms with Gasteiger partial charge in [-0.15, -0.1) is 4.89 Å². The third-order valence-corrected chi connectivity index (χ3v) is 1.16. The van der Waals surface area contributed by atoms with E-state index in [9.17, 15) is 19.2 Å². The highest BCUT2D eigenvalue weighted by Gasteiger charge is 2.16. The van der Waals surface area contributed by atoms with Gasteiger partial charge < -0.3 is 29.5 Å². The number of carbonyl (C=O) groups is 4. The Morgan fingerprint density at radius 3 is 1.57 bits per heavy atom. The fourth-order valence-electron chi connectivity index (χ4n) is 0.613. The van der Waals surface area contributed by atoms with E-state index in [1.807, 2.05) is 0 Å². The maximum Gasteiger partial charge on any atom is 0.582 e. The molecular formula is C9H14O14. The number of hydrogen-bond acceptors (Lipinski definition) is 11. The molecule has 0 aromatic carbocycles. The lowest BCUT2D eigenvalue weighted by molar-refractivity contribution is -0.428. The Hall–Kier alpha value is -2.84. The van der Waals surface area contributed by atoms with Crippen molar-refractivity contribution in [3.63, 3.8) is 0 Å². The van der Waals surface area contributed by atoms with Crippen LogP contribution in [0.5, 0.6) is 0 Å². The summed E-state index contributed by atoms with van der Waals surface area (Å²) in [6.45, 7) is 2.64. The Morgan fingerprint density at radius 1 is 0.783 bits per heavy atom. The Morgan fingerprint density at radius 2 is 1.26 bits per heavy atom. The highest BCUT2D eigenvalue weighted by molar-refractivity contribution is 5.74. The van der Waals surface area contributed by atoms with Crippen molar-refractivity contribution in [1.29, 1.82) is 0 Å². The van der Waals surface area contributed by atoms with E-state index in [1.54, 1.807) is 13.8 Å². The van der Waals surface area contributed by atoms with Gasteiger partial charge in [0.25, 0.3) is 0 Å². The maximum absolute atomic E-state index is 10.6. The van der Waals surface area contributed by atoms with E-state index in [1.165, 1.54) is 0 Å². The molecule has 0 aromatic heterocycles. The summed E-state index contributed by atoms with van der Waals surface area (Å²) in [6.07, 6.45) is -6.94. The van der Waals surface area contributed by atoms with Crippen molar-refractivity contribution in [3.8, 4) is 0 Å². The lowest BCUT2D eigenvalue weighted by atomic mass is 10.8. The zero-order chi connectivity index (χ0) is 18.3. The molecule has 14 nitrogen and oxygen atoms in total. The zero-order valence-electron chi connectivity index (χ0n) is 11.8. The molecule has 0 bridgehead atoms. The van der Waals surface area contributed by atoms with Crippen LogP contribution in [-0.4, -0.2) is 59.6 Å². The van der Waals surface area contributed by atoms with Gasteiger partial charge in [-0.3, -0.25) is 4.89 Å². The molecule has 3 N–H and O–H groups in total. The molecule has 0 rings (SSSR count). The molecule has 0 saturated carbocycles. The van der Waals surface area contributed by atoms with E-state index in [0.717, 1.165) is 0 Å². The molecule has 0 atom stereocenters. The number of ether oxygens (including phenoxy) is 3. The highest BCUT2D eigenvalue weighted by atomic mass is 17.3. The molecule has 0 saturated heterocycles. The van der Waals surface area contributed by atoms with Gasteiger partial charge in [0, 0.05) is 13.2 Å². The molecule has 0 heterocycles. The molecule has 0 aliphatic rings. The molecular weight excluding hydrogens is 332 g/mol. The van der Waals surface area contributed by atoms with Crippen molar-refractivity contribution in [2.24, 2.45) is 0 Å². The van der Waals surface area contributed by atoms with Crippen LogP contribution in [0.1, 0.15) is 13.8 Å². The van der Waals surface area contributed by atoms with E-state index in [4.69, 9.17) is 24.8 Å². The van der Waals surface area contributed by atoms with E-state index >= 15 is 0 Å². The van der Waals surface area contributed by atoms with Crippen LogP contribution in [0.15, 0.2) is 0 Å². The molecule has 0 fully saturated rings. The topological polar surface area (TPSA) is 194 Å². The van der Waals surface area contributed by atoms with Gasteiger partial charge in [0.15, 0.2) is 0 Å². The van der Waals surface area contributed by atoms with Crippen molar-refractivity contribution in [2.75, 3.05) is 13.2 Å². The molecule has 0 spiro atoms. The van der Waals surface area contributed by atoms with Crippen LogP contribution >= 0.6 is 0 Å². The summed E-state index contributed by atoms with van der Waals surface area (Å²) in [4.78, 5) is 54.1. The summed E-state index contributed by atoms with van der Waals surface area (Å²) in [5, 5.41) is 22.9. The largest absolute Gasteiger partial charge is 0.582 e. The number of carboxylic acid groups (broad SMARTS) is 3. The Kier molecular flexibility index (Phi) is 13.8. The van der Waals surface area contributed by atoms with Gasteiger partial charge in [-0.05, 0) is 13.8 Å². The van der Waals surface area contributed by atoms with Crippen LogP contribution in [0.3, 0.4) is 0 Å². The summed E-state index contributed by atoms with van der Waals surface area (Å²) in [5.41, 5.74) is 0. The van der Waals surface area contributed by atoms with Crippen LogP contribution in [0.4, 0.5) is 19.2 Å². The van der Waals surface area contributed by atoms with Crippen molar-refractivity contribution in [3.05, 3.63) is 0 Å². The quantitative estimate of drug-likeness (QED) is 0.205. The highest BCUT2D eigenvalue weighted by Crippen LogP contribution is 2.00.